The van der Waals surface area contributed by atoms with Gasteiger partial charge in [0.1, 0.15) is 24.4 Å². The van der Waals surface area contributed by atoms with Crippen molar-refractivity contribution in [2.75, 3.05) is 13.2 Å². The average Bonchev–Trinajstić information content (AvgIpc) is 3.14. The van der Waals surface area contributed by atoms with Crippen molar-refractivity contribution in [2.24, 2.45) is 0 Å². The predicted octanol–water partition coefficient (Wildman–Crippen LogP) is 8.33. The van der Waals surface area contributed by atoms with Crippen molar-refractivity contribution in [3.8, 4) is 0 Å². The van der Waals surface area contributed by atoms with E-state index in [1.807, 2.05) is 6.08 Å². The molecule has 0 aromatic carbocycles. The third kappa shape index (κ3) is 24.9. The quantitative estimate of drug-likeness (QED) is 0.0281. The van der Waals surface area contributed by atoms with Gasteiger partial charge in [-0.15, -0.1) is 0 Å². The Labute approximate surface area is 318 Å². The van der Waals surface area contributed by atoms with Gasteiger partial charge in [0.15, 0.2) is 6.29 Å². The first-order valence-electron chi connectivity index (χ1n) is 21.6. The molecule has 1 saturated heterocycles. The van der Waals surface area contributed by atoms with E-state index in [4.69, 9.17) is 9.47 Å². The first-order chi connectivity index (χ1) is 25.3. The Morgan fingerprint density at radius 1 is 0.635 bits per heavy atom. The first kappa shape index (κ1) is 48.7. The average molecular weight is 740 g/mol. The van der Waals surface area contributed by atoms with Crippen LogP contribution in [0.15, 0.2) is 24.3 Å². The lowest BCUT2D eigenvalue weighted by Crippen LogP contribution is -2.60. The molecular formula is C43H81NO8. The molecule has 0 spiro atoms. The molecule has 1 aliphatic rings. The van der Waals surface area contributed by atoms with Crippen LogP contribution in [-0.2, 0) is 14.3 Å². The van der Waals surface area contributed by atoms with Gasteiger partial charge in [0.25, 0.3) is 0 Å². The van der Waals surface area contributed by atoms with Crippen molar-refractivity contribution in [3.05, 3.63) is 24.3 Å². The number of unbranched alkanes of at least 4 members (excludes halogenated alkanes) is 23. The van der Waals surface area contributed by atoms with Crippen molar-refractivity contribution >= 4 is 5.91 Å². The molecule has 1 amide bonds. The number of allylic oxidation sites excluding steroid dienone is 3. The molecule has 0 saturated carbocycles. The van der Waals surface area contributed by atoms with Crippen molar-refractivity contribution in [1.82, 2.24) is 5.32 Å². The van der Waals surface area contributed by atoms with Crippen LogP contribution in [0.4, 0.5) is 0 Å². The lowest BCUT2D eigenvalue weighted by molar-refractivity contribution is -0.302. The van der Waals surface area contributed by atoms with E-state index in [-0.39, 0.29) is 12.5 Å². The molecule has 6 N–H and O–H groups in total. The molecule has 7 atom stereocenters. The minimum atomic E-state index is -1.57. The number of carbonyl (C=O) groups is 1. The monoisotopic (exact) mass is 740 g/mol. The number of ether oxygens (including phenoxy) is 2. The van der Waals surface area contributed by atoms with Gasteiger partial charge in [-0.2, -0.15) is 0 Å². The summed E-state index contributed by atoms with van der Waals surface area (Å²) in [6.07, 6.45) is 32.7. The van der Waals surface area contributed by atoms with Gasteiger partial charge in [-0.3, -0.25) is 4.79 Å². The van der Waals surface area contributed by atoms with Gasteiger partial charge in [0.05, 0.1) is 25.4 Å². The Bertz CT molecular complexity index is 868. The highest BCUT2D eigenvalue weighted by Crippen LogP contribution is 2.22. The SMILES string of the molecule is CCCCCCCCCCCCCCCCCCC/C=C/CC/C=C/C(O)C(COC1OC(CO)C(O)C(O)C1O)NC(=O)CCCCCCCC. The number of hydrogen-bond acceptors (Lipinski definition) is 8. The lowest BCUT2D eigenvalue weighted by Gasteiger charge is -2.40. The number of aliphatic hydroxyl groups excluding tert-OH is 5. The summed E-state index contributed by atoms with van der Waals surface area (Å²) in [5.41, 5.74) is 0. The number of hydrogen-bond donors (Lipinski definition) is 6. The number of aliphatic hydroxyl groups is 5. The van der Waals surface area contributed by atoms with Crippen molar-refractivity contribution < 1.29 is 39.8 Å². The van der Waals surface area contributed by atoms with Crippen LogP contribution in [-0.4, -0.2) is 87.5 Å². The van der Waals surface area contributed by atoms with E-state index in [0.717, 1.165) is 51.4 Å². The van der Waals surface area contributed by atoms with Crippen LogP contribution in [0.3, 0.4) is 0 Å². The maximum Gasteiger partial charge on any atom is 0.220 e. The van der Waals surface area contributed by atoms with Crippen LogP contribution < -0.4 is 5.32 Å². The second-order valence-corrected chi connectivity index (χ2v) is 15.1. The standard InChI is InChI=1S/C43H81NO8/c1-3-5-7-9-11-12-13-14-15-16-17-18-19-20-21-22-23-24-25-26-27-28-30-32-37(46)36(44-39(47)33-31-29-10-8-6-4-2)35-51-43-42(50)41(49)40(48)38(34-45)52-43/h25-26,30,32,36-38,40-43,45-46,48-50H,3-24,27-29,31,33-35H2,1-2H3,(H,44,47)/b26-25+,32-30+. The second-order valence-electron chi connectivity index (χ2n) is 15.1. The minimum Gasteiger partial charge on any atom is -0.394 e. The van der Waals surface area contributed by atoms with Crippen LogP contribution in [0.5, 0.6) is 0 Å². The zero-order chi connectivity index (χ0) is 38.1. The molecule has 7 unspecified atom stereocenters. The highest BCUT2D eigenvalue weighted by atomic mass is 16.7. The van der Waals surface area contributed by atoms with Gasteiger partial charge in [0, 0.05) is 6.42 Å². The van der Waals surface area contributed by atoms with Crippen LogP contribution in [0.2, 0.25) is 0 Å². The molecule has 0 aromatic rings. The maximum atomic E-state index is 12.7. The van der Waals surface area contributed by atoms with Crippen LogP contribution >= 0.6 is 0 Å². The molecule has 52 heavy (non-hydrogen) atoms. The van der Waals surface area contributed by atoms with Gasteiger partial charge in [-0.25, -0.2) is 0 Å². The zero-order valence-corrected chi connectivity index (χ0v) is 33.3. The molecule has 306 valence electrons. The fraction of sp³-hybridized carbons (Fsp3) is 0.884. The van der Waals surface area contributed by atoms with Crippen molar-refractivity contribution in [1.29, 1.82) is 0 Å². The Morgan fingerprint density at radius 3 is 1.62 bits per heavy atom. The van der Waals surface area contributed by atoms with E-state index >= 15 is 0 Å². The van der Waals surface area contributed by atoms with E-state index in [9.17, 15) is 30.3 Å². The molecule has 1 heterocycles. The second kappa shape index (κ2) is 34.2. The third-order valence-corrected chi connectivity index (χ3v) is 10.3. The van der Waals surface area contributed by atoms with Gasteiger partial charge in [-0.05, 0) is 32.1 Å². The molecule has 1 aliphatic heterocycles. The molecule has 9 heteroatoms. The van der Waals surface area contributed by atoms with Crippen LogP contribution in [0.1, 0.15) is 187 Å². The van der Waals surface area contributed by atoms with Crippen molar-refractivity contribution in [3.63, 3.8) is 0 Å². The predicted molar refractivity (Wildman–Crippen MR) is 212 cm³/mol. The Kier molecular flexibility index (Phi) is 32.0. The number of carbonyl (C=O) groups excluding carboxylic acids is 1. The molecule has 1 rings (SSSR count). The number of amides is 1. The number of nitrogens with one attached hydrogen (secondary N) is 1. The third-order valence-electron chi connectivity index (χ3n) is 10.3. The summed E-state index contributed by atoms with van der Waals surface area (Å²) in [5.74, 6) is -0.197. The van der Waals surface area contributed by atoms with Gasteiger partial charge >= 0.3 is 0 Å². The summed E-state index contributed by atoms with van der Waals surface area (Å²) in [7, 11) is 0. The Balaban J connectivity index is 2.27. The lowest BCUT2D eigenvalue weighted by atomic mass is 9.99. The Hall–Kier alpha value is -1.33. The Morgan fingerprint density at radius 2 is 1.10 bits per heavy atom. The molecule has 0 aromatic heterocycles. The normalized spacial score (nSPS) is 22.0. The summed E-state index contributed by atoms with van der Waals surface area (Å²) in [6, 6.07) is -0.813. The largest absolute Gasteiger partial charge is 0.394 e. The van der Waals surface area contributed by atoms with E-state index in [1.165, 1.54) is 116 Å². The van der Waals surface area contributed by atoms with E-state index in [2.05, 4.69) is 31.3 Å². The van der Waals surface area contributed by atoms with E-state index in [1.54, 1.807) is 6.08 Å². The van der Waals surface area contributed by atoms with E-state index < -0.39 is 49.5 Å². The van der Waals surface area contributed by atoms with Gasteiger partial charge < -0.3 is 40.3 Å². The molecule has 0 aliphatic carbocycles. The first-order valence-corrected chi connectivity index (χ1v) is 21.6. The zero-order valence-electron chi connectivity index (χ0n) is 33.3. The molecule has 9 nitrogen and oxygen atoms in total. The molecule has 0 radical (unpaired) electrons. The van der Waals surface area contributed by atoms with Gasteiger partial charge in [-0.1, -0.05) is 173 Å². The molecule has 0 bridgehead atoms. The summed E-state index contributed by atoms with van der Waals surface area (Å²) in [6.45, 7) is 3.68. The fourth-order valence-electron chi connectivity index (χ4n) is 6.76. The van der Waals surface area contributed by atoms with Crippen LogP contribution in [0.25, 0.3) is 0 Å². The smallest absolute Gasteiger partial charge is 0.220 e. The maximum absolute atomic E-state index is 12.7. The summed E-state index contributed by atoms with van der Waals surface area (Å²) >= 11 is 0. The minimum absolute atomic E-state index is 0.197. The highest BCUT2D eigenvalue weighted by molar-refractivity contribution is 5.76. The summed E-state index contributed by atoms with van der Waals surface area (Å²) in [5, 5.41) is 53.8. The highest BCUT2D eigenvalue weighted by Gasteiger charge is 2.44. The van der Waals surface area contributed by atoms with Crippen LogP contribution in [0, 0.1) is 0 Å². The topological polar surface area (TPSA) is 149 Å². The molecular weight excluding hydrogens is 658 g/mol. The molecule has 1 fully saturated rings. The summed E-state index contributed by atoms with van der Waals surface area (Å²) in [4.78, 5) is 12.7. The number of rotatable bonds is 35. The summed E-state index contributed by atoms with van der Waals surface area (Å²) < 4.78 is 11.1. The fourth-order valence-corrected chi connectivity index (χ4v) is 6.76. The van der Waals surface area contributed by atoms with Crippen molar-refractivity contribution in [2.45, 2.75) is 230 Å². The van der Waals surface area contributed by atoms with Gasteiger partial charge in [0.2, 0.25) is 5.91 Å². The van der Waals surface area contributed by atoms with E-state index in [0.29, 0.717) is 6.42 Å².